The first-order valence-corrected chi connectivity index (χ1v) is 9.96. The van der Waals surface area contributed by atoms with Crippen LogP contribution < -0.4 is 0 Å². The van der Waals surface area contributed by atoms with Crippen molar-refractivity contribution in [3.8, 4) is 0 Å². The molecule has 5 heteroatoms. The number of hydrogen-bond donors (Lipinski definition) is 4. The van der Waals surface area contributed by atoms with Crippen molar-refractivity contribution in [2.45, 2.75) is 75.1 Å². The molecule has 0 radical (unpaired) electrons. The Morgan fingerprint density at radius 3 is 2.68 bits per heavy atom. The highest BCUT2D eigenvalue weighted by Gasteiger charge is 2.95. The van der Waals surface area contributed by atoms with Gasteiger partial charge in [-0.05, 0) is 49.9 Å². The van der Waals surface area contributed by atoms with Crippen molar-refractivity contribution in [3.05, 3.63) is 12.2 Å². The number of rotatable bonds is 0. The number of fused-ring (bicyclic) bond motifs is 1. The molecule has 3 heterocycles. The molecule has 0 aromatic rings. The van der Waals surface area contributed by atoms with Crippen LogP contribution in [-0.2, 0) is 0 Å². The summed E-state index contributed by atoms with van der Waals surface area (Å²) in [5.41, 5.74) is -0.982. The lowest BCUT2D eigenvalue weighted by Gasteiger charge is -2.68. The van der Waals surface area contributed by atoms with Gasteiger partial charge in [0.05, 0.1) is 17.8 Å². The summed E-state index contributed by atoms with van der Waals surface area (Å²) in [7, 11) is 0. The first-order chi connectivity index (χ1) is 11.7. The van der Waals surface area contributed by atoms with Gasteiger partial charge in [0, 0.05) is 28.3 Å². The van der Waals surface area contributed by atoms with Gasteiger partial charge in [-0.3, -0.25) is 4.90 Å². The molecule has 6 saturated carbocycles. The summed E-state index contributed by atoms with van der Waals surface area (Å²) in [4.78, 5) is 2.27. The quantitative estimate of drug-likeness (QED) is 0.472. The Balaban J connectivity index is 1.58. The van der Waals surface area contributed by atoms with Crippen molar-refractivity contribution >= 4 is 0 Å². The van der Waals surface area contributed by atoms with Crippen LogP contribution in [-0.4, -0.2) is 61.4 Å². The first kappa shape index (κ1) is 14.6. The van der Waals surface area contributed by atoms with Gasteiger partial charge in [0.15, 0.2) is 0 Å². The van der Waals surface area contributed by atoms with E-state index in [1.54, 1.807) is 0 Å². The highest BCUT2D eigenvalue weighted by molar-refractivity contribution is 5.47. The van der Waals surface area contributed by atoms with Crippen LogP contribution in [0.3, 0.4) is 0 Å². The van der Waals surface area contributed by atoms with Gasteiger partial charge in [-0.15, -0.1) is 0 Å². The molecule has 9 aliphatic rings. The molecule has 9 fully saturated rings. The Morgan fingerprint density at radius 2 is 1.92 bits per heavy atom. The molecule has 13 atom stereocenters. The van der Waals surface area contributed by atoms with Crippen molar-refractivity contribution in [1.29, 1.82) is 0 Å². The SMILES string of the molecule is C=C1C[C@]23C[C@H]4[C@H]5[C@]67C(C2C[C@H]1C[C@]36O)N4C(O)[C@]5(C)C[C@H](O)[C@H]7O. The third kappa shape index (κ3) is 0.981. The minimum Gasteiger partial charge on any atom is -0.390 e. The zero-order valence-corrected chi connectivity index (χ0v) is 14.6. The van der Waals surface area contributed by atoms with Gasteiger partial charge in [0.2, 0.25) is 0 Å². The lowest BCUT2D eigenvalue weighted by molar-refractivity contribution is -0.298. The third-order valence-electron chi connectivity index (χ3n) is 10.6. The molecular formula is C20H27NO4. The van der Waals surface area contributed by atoms with Gasteiger partial charge in [-0.1, -0.05) is 19.1 Å². The molecule has 136 valence electrons. The van der Waals surface area contributed by atoms with E-state index in [0.29, 0.717) is 24.7 Å². The van der Waals surface area contributed by atoms with Crippen molar-refractivity contribution in [3.63, 3.8) is 0 Å². The van der Waals surface area contributed by atoms with Crippen LogP contribution in [0.2, 0.25) is 0 Å². The fourth-order valence-electron chi connectivity index (χ4n) is 10.4. The second kappa shape index (κ2) is 3.49. The highest BCUT2D eigenvalue weighted by atomic mass is 16.3. The average molecular weight is 345 g/mol. The fraction of sp³-hybridized carbons (Fsp3) is 0.900. The number of hydrogen-bond acceptors (Lipinski definition) is 5. The number of aliphatic hydroxyl groups excluding tert-OH is 3. The summed E-state index contributed by atoms with van der Waals surface area (Å²) in [5.74, 6) is 0.706. The molecule has 0 aromatic carbocycles. The van der Waals surface area contributed by atoms with Crippen LogP contribution in [0.15, 0.2) is 12.2 Å². The number of aliphatic hydroxyl groups is 4. The molecular weight excluding hydrogens is 318 g/mol. The molecule has 9 rings (SSSR count). The lowest BCUT2D eigenvalue weighted by Crippen LogP contribution is -2.76. The predicted molar refractivity (Wildman–Crippen MR) is 88.1 cm³/mol. The monoisotopic (exact) mass is 345 g/mol. The van der Waals surface area contributed by atoms with Crippen molar-refractivity contribution < 1.29 is 20.4 Å². The van der Waals surface area contributed by atoms with Gasteiger partial charge in [-0.25, -0.2) is 0 Å². The summed E-state index contributed by atoms with van der Waals surface area (Å²) in [6.07, 6.45) is 1.59. The molecule has 0 amide bonds. The van der Waals surface area contributed by atoms with E-state index in [1.807, 2.05) is 0 Å². The summed E-state index contributed by atoms with van der Waals surface area (Å²) in [6, 6.07) is 0.235. The molecule has 25 heavy (non-hydrogen) atoms. The molecule has 3 aliphatic heterocycles. The van der Waals surface area contributed by atoms with Gasteiger partial charge in [0.25, 0.3) is 0 Å². The fourth-order valence-corrected chi connectivity index (χ4v) is 10.4. The largest absolute Gasteiger partial charge is 0.390 e. The topological polar surface area (TPSA) is 84.2 Å². The van der Waals surface area contributed by atoms with Crippen LogP contribution in [0.4, 0.5) is 0 Å². The number of piperidine rings is 2. The average Bonchev–Trinajstić information content (AvgIpc) is 2.90. The van der Waals surface area contributed by atoms with Gasteiger partial charge in [-0.2, -0.15) is 0 Å². The summed E-state index contributed by atoms with van der Waals surface area (Å²) >= 11 is 0. The number of nitrogens with zero attached hydrogens (tertiary/aromatic N) is 1. The van der Waals surface area contributed by atoms with Crippen molar-refractivity contribution in [2.24, 2.45) is 34.0 Å². The van der Waals surface area contributed by atoms with Gasteiger partial charge >= 0.3 is 0 Å². The van der Waals surface area contributed by atoms with E-state index in [-0.39, 0.29) is 23.4 Å². The molecule has 3 saturated heterocycles. The molecule has 4 unspecified atom stereocenters. The smallest absolute Gasteiger partial charge is 0.113 e. The zero-order valence-electron chi connectivity index (χ0n) is 14.6. The molecule has 2 spiro atoms. The van der Waals surface area contributed by atoms with E-state index in [9.17, 15) is 20.4 Å². The van der Waals surface area contributed by atoms with Gasteiger partial charge in [0.1, 0.15) is 6.23 Å². The van der Waals surface area contributed by atoms with E-state index in [2.05, 4.69) is 18.4 Å². The van der Waals surface area contributed by atoms with Crippen LogP contribution in [0, 0.1) is 34.0 Å². The Bertz CT molecular complexity index is 756. The van der Waals surface area contributed by atoms with E-state index in [1.165, 1.54) is 5.57 Å². The van der Waals surface area contributed by atoms with E-state index < -0.39 is 34.9 Å². The third-order valence-corrected chi connectivity index (χ3v) is 10.6. The first-order valence-electron chi connectivity index (χ1n) is 9.96. The Kier molecular flexibility index (Phi) is 2.04. The summed E-state index contributed by atoms with van der Waals surface area (Å²) in [5, 5.41) is 45.6. The number of allylic oxidation sites excluding steroid dienone is 1. The van der Waals surface area contributed by atoms with E-state index in [4.69, 9.17) is 0 Å². The van der Waals surface area contributed by atoms with Crippen molar-refractivity contribution in [2.75, 3.05) is 0 Å². The predicted octanol–water partition coefficient (Wildman–Crippen LogP) is 0.226. The van der Waals surface area contributed by atoms with Crippen LogP contribution in [0.5, 0.6) is 0 Å². The lowest BCUT2D eigenvalue weighted by atomic mass is 9.38. The normalized spacial score (nSPS) is 76.5. The maximum absolute atomic E-state index is 12.3. The van der Waals surface area contributed by atoms with Gasteiger partial charge < -0.3 is 20.4 Å². The zero-order chi connectivity index (χ0) is 17.3. The summed E-state index contributed by atoms with van der Waals surface area (Å²) < 4.78 is 0. The minimum atomic E-state index is -0.933. The minimum absolute atomic E-state index is 0.00683. The van der Waals surface area contributed by atoms with Crippen LogP contribution >= 0.6 is 0 Å². The Hall–Kier alpha value is -0.460. The standard InChI is InChI=1S/C20H27NO4/c1-8-4-18-6-11-13-17(2)7-12(22)15(23)20(13)14(21(11)16(17)24)10(18)3-9(8)5-19(18,20)25/h9-16,22-25H,1,3-7H2,2H3/t9-,10?,11-,12-,13+,14?,15+,16?,17+,18-,19-,20+/m0/s1. The molecule has 0 aromatic heterocycles. The highest BCUT2D eigenvalue weighted by Crippen LogP contribution is 2.88. The van der Waals surface area contributed by atoms with Crippen LogP contribution in [0.1, 0.15) is 39.0 Å². The second-order valence-electron chi connectivity index (χ2n) is 10.8. The molecule has 5 nitrogen and oxygen atoms in total. The Morgan fingerprint density at radius 1 is 1.16 bits per heavy atom. The molecule has 4 N–H and O–H groups in total. The molecule has 6 aliphatic carbocycles. The van der Waals surface area contributed by atoms with Crippen LogP contribution in [0.25, 0.3) is 0 Å². The maximum Gasteiger partial charge on any atom is 0.113 e. The second-order valence-corrected chi connectivity index (χ2v) is 10.8. The summed E-state index contributed by atoms with van der Waals surface area (Å²) in [6.45, 7) is 6.39. The van der Waals surface area contributed by atoms with Crippen molar-refractivity contribution in [1.82, 2.24) is 4.90 Å². The Labute approximate surface area is 147 Å². The maximum atomic E-state index is 12.3. The molecule has 9 bridgehead atoms. The van der Waals surface area contributed by atoms with E-state index >= 15 is 0 Å². The van der Waals surface area contributed by atoms with E-state index in [0.717, 1.165) is 19.3 Å².